The molecule has 78 valence electrons. The van der Waals surface area contributed by atoms with Gasteiger partial charge in [-0.2, -0.15) is 5.26 Å². The van der Waals surface area contributed by atoms with E-state index in [2.05, 4.69) is 20.9 Å². The Morgan fingerprint density at radius 2 is 2.07 bits per heavy atom. The van der Waals surface area contributed by atoms with E-state index in [9.17, 15) is 8.78 Å². The quantitative estimate of drug-likeness (QED) is 0.788. The van der Waals surface area contributed by atoms with Crippen molar-refractivity contribution in [3.63, 3.8) is 0 Å². The lowest BCUT2D eigenvalue weighted by atomic mass is 9.65. The molecule has 0 aromatic carbocycles. The molecular formula is C10H7BrF2N2. The molecule has 5 heteroatoms. The zero-order chi connectivity index (χ0) is 11.1. The standard InChI is InChI=1S/C10H7BrF2N2/c11-7-1-2-8(15-3-7)9(6-14)4-10(12,13)5-9/h1-3H,4-5H2. The van der Waals surface area contributed by atoms with Gasteiger partial charge in [-0.1, -0.05) is 0 Å². The van der Waals surface area contributed by atoms with E-state index < -0.39 is 24.2 Å². The van der Waals surface area contributed by atoms with E-state index in [1.807, 2.05) is 6.07 Å². The third kappa shape index (κ3) is 1.74. The molecule has 1 aromatic heterocycles. The van der Waals surface area contributed by atoms with Crippen molar-refractivity contribution < 1.29 is 8.78 Å². The van der Waals surface area contributed by atoms with Crippen molar-refractivity contribution in [2.24, 2.45) is 0 Å². The van der Waals surface area contributed by atoms with Crippen LogP contribution in [0.3, 0.4) is 0 Å². The van der Waals surface area contributed by atoms with Crippen molar-refractivity contribution in [3.05, 3.63) is 28.5 Å². The fourth-order valence-electron chi connectivity index (χ4n) is 1.81. The van der Waals surface area contributed by atoms with Crippen LogP contribution in [0.4, 0.5) is 8.78 Å². The van der Waals surface area contributed by atoms with Crippen molar-refractivity contribution in [2.75, 3.05) is 0 Å². The molecule has 0 radical (unpaired) electrons. The molecule has 0 amide bonds. The second-order valence-electron chi connectivity index (χ2n) is 3.77. The molecule has 1 fully saturated rings. The predicted octanol–water partition coefficient (Wildman–Crippen LogP) is 3.03. The topological polar surface area (TPSA) is 36.7 Å². The van der Waals surface area contributed by atoms with E-state index in [1.165, 1.54) is 6.20 Å². The van der Waals surface area contributed by atoms with Crippen LogP contribution < -0.4 is 0 Å². The Bertz CT molecular complexity index is 414. The van der Waals surface area contributed by atoms with Gasteiger partial charge in [0.2, 0.25) is 0 Å². The molecule has 0 spiro atoms. The number of hydrogen-bond donors (Lipinski definition) is 0. The molecular weight excluding hydrogens is 266 g/mol. The van der Waals surface area contributed by atoms with Gasteiger partial charge in [0.15, 0.2) is 0 Å². The van der Waals surface area contributed by atoms with Crippen LogP contribution in [-0.4, -0.2) is 10.9 Å². The van der Waals surface area contributed by atoms with Gasteiger partial charge in [-0.25, -0.2) is 8.78 Å². The van der Waals surface area contributed by atoms with Crippen molar-refractivity contribution in [3.8, 4) is 6.07 Å². The summed E-state index contributed by atoms with van der Waals surface area (Å²) in [5.74, 6) is -2.72. The van der Waals surface area contributed by atoms with Gasteiger partial charge < -0.3 is 0 Å². The minimum atomic E-state index is -2.72. The number of halogens is 3. The minimum absolute atomic E-state index is 0.425. The molecule has 0 atom stereocenters. The van der Waals surface area contributed by atoms with E-state index in [-0.39, 0.29) is 0 Å². The average molecular weight is 273 g/mol. The molecule has 0 bridgehead atoms. The Kier molecular flexibility index (Phi) is 2.27. The summed E-state index contributed by atoms with van der Waals surface area (Å²) in [6.45, 7) is 0. The fraction of sp³-hybridized carbons (Fsp3) is 0.400. The molecule has 0 saturated heterocycles. The second kappa shape index (κ2) is 3.24. The molecule has 2 nitrogen and oxygen atoms in total. The molecule has 0 N–H and O–H groups in total. The van der Waals surface area contributed by atoms with Gasteiger partial charge in [0.05, 0.1) is 11.8 Å². The van der Waals surface area contributed by atoms with Crippen molar-refractivity contribution in [1.29, 1.82) is 5.26 Å². The molecule has 0 aliphatic heterocycles. The minimum Gasteiger partial charge on any atom is -0.258 e. The Balaban J connectivity index is 2.31. The Morgan fingerprint density at radius 1 is 1.40 bits per heavy atom. The number of nitriles is 1. The van der Waals surface area contributed by atoms with Gasteiger partial charge in [-0.3, -0.25) is 4.98 Å². The number of rotatable bonds is 1. The highest BCUT2D eigenvalue weighted by molar-refractivity contribution is 9.10. The Hall–Kier alpha value is -1.02. The first-order chi connectivity index (χ1) is 6.97. The Labute approximate surface area is 94.1 Å². The Morgan fingerprint density at radius 3 is 2.47 bits per heavy atom. The van der Waals surface area contributed by atoms with E-state index in [0.29, 0.717) is 5.69 Å². The molecule has 1 aliphatic rings. The normalized spacial score (nSPS) is 21.5. The van der Waals surface area contributed by atoms with Crippen LogP contribution in [0.2, 0.25) is 0 Å². The fourth-order valence-corrected chi connectivity index (χ4v) is 2.04. The molecule has 0 unspecified atom stereocenters. The highest BCUT2D eigenvalue weighted by Crippen LogP contribution is 2.52. The molecule has 1 aliphatic carbocycles. The lowest BCUT2D eigenvalue weighted by Crippen LogP contribution is -2.48. The van der Waals surface area contributed by atoms with Crippen LogP contribution in [0.15, 0.2) is 22.8 Å². The lowest BCUT2D eigenvalue weighted by molar-refractivity contribution is -0.110. The molecule has 1 aromatic rings. The highest BCUT2D eigenvalue weighted by Gasteiger charge is 2.58. The SMILES string of the molecule is N#CC1(c2ccc(Br)cn2)CC(F)(F)C1. The van der Waals surface area contributed by atoms with Gasteiger partial charge in [0.25, 0.3) is 5.92 Å². The number of nitrogens with zero attached hydrogens (tertiary/aromatic N) is 2. The maximum absolute atomic E-state index is 12.8. The van der Waals surface area contributed by atoms with Crippen molar-refractivity contribution >= 4 is 15.9 Å². The molecule has 1 saturated carbocycles. The third-order valence-corrected chi connectivity index (χ3v) is 3.02. The number of alkyl halides is 2. The van der Waals surface area contributed by atoms with Gasteiger partial charge in [-0.05, 0) is 28.1 Å². The summed E-state index contributed by atoms with van der Waals surface area (Å²) < 4.78 is 26.4. The first-order valence-electron chi connectivity index (χ1n) is 4.39. The zero-order valence-electron chi connectivity index (χ0n) is 7.67. The first-order valence-corrected chi connectivity index (χ1v) is 5.18. The van der Waals surface area contributed by atoms with E-state index in [1.54, 1.807) is 12.1 Å². The first kappa shape index (κ1) is 10.5. The molecule has 2 rings (SSSR count). The number of aromatic nitrogens is 1. The van der Waals surface area contributed by atoms with E-state index >= 15 is 0 Å². The summed E-state index contributed by atoms with van der Waals surface area (Å²) in [6, 6.07) is 5.27. The second-order valence-corrected chi connectivity index (χ2v) is 4.68. The zero-order valence-corrected chi connectivity index (χ0v) is 9.26. The average Bonchev–Trinajstić information content (AvgIpc) is 2.14. The van der Waals surface area contributed by atoms with Gasteiger partial charge in [0.1, 0.15) is 5.41 Å². The number of pyridine rings is 1. The van der Waals surface area contributed by atoms with Crippen LogP contribution in [0.1, 0.15) is 18.5 Å². The summed E-state index contributed by atoms with van der Waals surface area (Å²) in [5, 5.41) is 8.96. The summed E-state index contributed by atoms with van der Waals surface area (Å²) in [4.78, 5) is 4.01. The van der Waals surface area contributed by atoms with Crippen LogP contribution in [0, 0.1) is 11.3 Å². The smallest absolute Gasteiger partial charge is 0.252 e. The van der Waals surface area contributed by atoms with Gasteiger partial charge in [-0.15, -0.1) is 0 Å². The van der Waals surface area contributed by atoms with Crippen LogP contribution in [0.25, 0.3) is 0 Å². The monoisotopic (exact) mass is 272 g/mol. The van der Waals surface area contributed by atoms with Crippen LogP contribution in [-0.2, 0) is 5.41 Å². The van der Waals surface area contributed by atoms with E-state index in [4.69, 9.17) is 5.26 Å². The molecule has 1 heterocycles. The predicted molar refractivity (Wildman–Crippen MR) is 53.4 cm³/mol. The lowest BCUT2D eigenvalue weighted by Gasteiger charge is -2.41. The highest BCUT2D eigenvalue weighted by atomic mass is 79.9. The summed E-state index contributed by atoms with van der Waals surface area (Å²) in [7, 11) is 0. The van der Waals surface area contributed by atoms with Crippen molar-refractivity contribution in [1.82, 2.24) is 4.98 Å². The third-order valence-electron chi connectivity index (χ3n) is 2.55. The van der Waals surface area contributed by atoms with Crippen LogP contribution in [0.5, 0.6) is 0 Å². The largest absolute Gasteiger partial charge is 0.258 e. The van der Waals surface area contributed by atoms with E-state index in [0.717, 1.165) is 4.47 Å². The van der Waals surface area contributed by atoms with Crippen molar-refractivity contribution in [2.45, 2.75) is 24.2 Å². The summed E-state index contributed by atoms with van der Waals surface area (Å²) >= 11 is 3.20. The summed E-state index contributed by atoms with van der Waals surface area (Å²) in [6.07, 6.45) is 0.668. The maximum atomic E-state index is 12.8. The molecule has 15 heavy (non-hydrogen) atoms. The number of hydrogen-bond acceptors (Lipinski definition) is 2. The van der Waals surface area contributed by atoms with Gasteiger partial charge >= 0.3 is 0 Å². The summed E-state index contributed by atoms with van der Waals surface area (Å²) in [5.41, 5.74) is -0.663. The maximum Gasteiger partial charge on any atom is 0.252 e. The van der Waals surface area contributed by atoms with Crippen LogP contribution >= 0.6 is 15.9 Å². The van der Waals surface area contributed by atoms with Gasteiger partial charge in [0, 0.05) is 23.5 Å².